The molecule has 0 saturated carbocycles. The van der Waals surface area contributed by atoms with E-state index in [-0.39, 0.29) is 5.78 Å². The van der Waals surface area contributed by atoms with E-state index in [2.05, 4.69) is 25.7 Å². The molecule has 1 aromatic rings. The Balaban J connectivity index is 2.27. The highest BCUT2D eigenvalue weighted by Gasteiger charge is 2.19. The van der Waals surface area contributed by atoms with Crippen LogP contribution in [0.15, 0.2) is 12.1 Å². The maximum absolute atomic E-state index is 12.5. The highest BCUT2D eigenvalue weighted by atomic mass is 16.6. The third-order valence-electron chi connectivity index (χ3n) is 3.71. The van der Waals surface area contributed by atoms with Crippen LogP contribution in [0.5, 0.6) is 11.5 Å². The third-order valence-corrected chi connectivity index (χ3v) is 3.71. The van der Waals surface area contributed by atoms with Crippen LogP contribution in [0.2, 0.25) is 0 Å². The van der Waals surface area contributed by atoms with Crippen LogP contribution in [0.4, 0.5) is 0 Å². The number of rotatable bonds is 6. The normalized spacial score (nSPS) is 13.6. The SMILES string of the molecule is CCc1cc2c(cc1C(=O)CN(CC)CC)OCCO2. The summed E-state index contributed by atoms with van der Waals surface area (Å²) in [6.45, 7) is 9.54. The minimum absolute atomic E-state index is 0.155. The monoisotopic (exact) mass is 277 g/mol. The van der Waals surface area contributed by atoms with Gasteiger partial charge < -0.3 is 9.47 Å². The van der Waals surface area contributed by atoms with Crippen LogP contribution in [-0.2, 0) is 6.42 Å². The fourth-order valence-corrected chi connectivity index (χ4v) is 2.42. The van der Waals surface area contributed by atoms with Gasteiger partial charge in [0.25, 0.3) is 0 Å². The number of likely N-dealkylation sites (N-methyl/N-ethyl adjacent to an activating group) is 1. The van der Waals surface area contributed by atoms with Crippen molar-refractivity contribution in [1.29, 1.82) is 0 Å². The van der Waals surface area contributed by atoms with Crippen LogP contribution in [0.25, 0.3) is 0 Å². The standard InChI is InChI=1S/C16H23NO3/c1-4-12-9-15-16(20-8-7-19-15)10-13(12)14(18)11-17(5-2)6-3/h9-10H,4-8,11H2,1-3H3. The summed E-state index contributed by atoms with van der Waals surface area (Å²) in [5.74, 6) is 1.60. The molecule has 0 radical (unpaired) electrons. The first-order valence-corrected chi connectivity index (χ1v) is 7.37. The molecule has 20 heavy (non-hydrogen) atoms. The first kappa shape index (κ1) is 14.9. The summed E-state index contributed by atoms with van der Waals surface area (Å²) in [7, 11) is 0. The third kappa shape index (κ3) is 3.12. The van der Waals surface area contributed by atoms with Crippen molar-refractivity contribution in [3.05, 3.63) is 23.3 Å². The Morgan fingerprint density at radius 2 is 1.70 bits per heavy atom. The Morgan fingerprint density at radius 3 is 2.25 bits per heavy atom. The van der Waals surface area contributed by atoms with Gasteiger partial charge in [-0.1, -0.05) is 20.8 Å². The van der Waals surface area contributed by atoms with E-state index in [9.17, 15) is 4.79 Å². The summed E-state index contributed by atoms with van der Waals surface area (Å²) >= 11 is 0. The number of aryl methyl sites for hydroxylation is 1. The molecule has 4 heteroatoms. The van der Waals surface area contributed by atoms with Crippen molar-refractivity contribution in [2.45, 2.75) is 27.2 Å². The summed E-state index contributed by atoms with van der Waals surface area (Å²) in [4.78, 5) is 14.6. The fraction of sp³-hybridized carbons (Fsp3) is 0.562. The van der Waals surface area contributed by atoms with Gasteiger partial charge in [-0.15, -0.1) is 0 Å². The van der Waals surface area contributed by atoms with Crippen LogP contribution in [0.1, 0.15) is 36.7 Å². The number of ketones is 1. The zero-order valence-corrected chi connectivity index (χ0v) is 12.6. The van der Waals surface area contributed by atoms with E-state index in [1.807, 2.05) is 12.1 Å². The van der Waals surface area contributed by atoms with E-state index >= 15 is 0 Å². The van der Waals surface area contributed by atoms with E-state index in [1.54, 1.807) is 0 Å². The smallest absolute Gasteiger partial charge is 0.177 e. The van der Waals surface area contributed by atoms with E-state index < -0.39 is 0 Å². The molecular weight excluding hydrogens is 254 g/mol. The molecule has 0 aliphatic carbocycles. The Kier molecular flexibility index (Phi) is 5.01. The Morgan fingerprint density at radius 1 is 1.10 bits per heavy atom. The number of fused-ring (bicyclic) bond motifs is 1. The van der Waals surface area contributed by atoms with Crippen molar-refractivity contribution in [1.82, 2.24) is 4.90 Å². The van der Waals surface area contributed by atoms with Gasteiger partial charge in [-0.25, -0.2) is 0 Å². The van der Waals surface area contributed by atoms with Gasteiger partial charge >= 0.3 is 0 Å². The molecule has 0 unspecified atom stereocenters. The second kappa shape index (κ2) is 6.75. The molecule has 2 rings (SSSR count). The molecule has 4 nitrogen and oxygen atoms in total. The fourth-order valence-electron chi connectivity index (χ4n) is 2.42. The molecule has 0 bridgehead atoms. The maximum Gasteiger partial charge on any atom is 0.177 e. The lowest BCUT2D eigenvalue weighted by Gasteiger charge is -2.22. The first-order valence-electron chi connectivity index (χ1n) is 7.37. The molecule has 0 aromatic heterocycles. The molecule has 0 fully saturated rings. The van der Waals surface area contributed by atoms with Crippen molar-refractivity contribution in [3.8, 4) is 11.5 Å². The van der Waals surface area contributed by atoms with E-state index in [1.165, 1.54) is 0 Å². The number of carbonyl (C=O) groups excluding carboxylic acids is 1. The molecule has 1 aromatic carbocycles. The lowest BCUT2D eigenvalue weighted by Crippen LogP contribution is -2.30. The van der Waals surface area contributed by atoms with Gasteiger partial charge in [0, 0.05) is 5.56 Å². The van der Waals surface area contributed by atoms with Gasteiger partial charge in [0.1, 0.15) is 13.2 Å². The average Bonchev–Trinajstić information content (AvgIpc) is 2.50. The highest BCUT2D eigenvalue weighted by Crippen LogP contribution is 2.33. The number of hydrogen-bond donors (Lipinski definition) is 0. The van der Waals surface area contributed by atoms with Crippen LogP contribution in [-0.4, -0.2) is 43.5 Å². The highest BCUT2D eigenvalue weighted by molar-refractivity contribution is 5.99. The van der Waals surface area contributed by atoms with Crippen LogP contribution in [0, 0.1) is 0 Å². The molecule has 1 aliphatic heterocycles. The molecule has 0 atom stereocenters. The molecule has 0 N–H and O–H groups in total. The number of benzene rings is 1. The average molecular weight is 277 g/mol. The molecule has 0 amide bonds. The summed E-state index contributed by atoms with van der Waals surface area (Å²) < 4.78 is 11.2. The molecular formula is C16H23NO3. The lowest BCUT2D eigenvalue weighted by atomic mass is 10.00. The number of hydrogen-bond acceptors (Lipinski definition) is 4. The predicted molar refractivity (Wildman–Crippen MR) is 78.9 cm³/mol. The molecule has 0 spiro atoms. The molecule has 1 aliphatic rings. The van der Waals surface area contributed by atoms with Gasteiger partial charge in [-0.3, -0.25) is 9.69 Å². The van der Waals surface area contributed by atoms with Gasteiger partial charge in [0.2, 0.25) is 0 Å². The van der Waals surface area contributed by atoms with Crippen LogP contribution in [0.3, 0.4) is 0 Å². The Hall–Kier alpha value is -1.55. The van der Waals surface area contributed by atoms with Crippen molar-refractivity contribution >= 4 is 5.78 Å². The van der Waals surface area contributed by atoms with E-state index in [0.717, 1.165) is 36.4 Å². The second-order valence-electron chi connectivity index (χ2n) is 4.89. The molecule has 0 saturated heterocycles. The Labute approximate surface area is 120 Å². The van der Waals surface area contributed by atoms with E-state index in [4.69, 9.17) is 9.47 Å². The van der Waals surface area contributed by atoms with Crippen molar-refractivity contribution < 1.29 is 14.3 Å². The summed E-state index contributed by atoms with van der Waals surface area (Å²) in [6.07, 6.45) is 0.815. The van der Waals surface area contributed by atoms with E-state index in [0.29, 0.717) is 25.5 Å². The topological polar surface area (TPSA) is 38.8 Å². The number of carbonyl (C=O) groups is 1. The zero-order valence-electron chi connectivity index (χ0n) is 12.6. The number of nitrogens with zero attached hydrogens (tertiary/aromatic N) is 1. The van der Waals surface area contributed by atoms with Gasteiger partial charge in [0.15, 0.2) is 17.3 Å². The van der Waals surface area contributed by atoms with Crippen molar-refractivity contribution in [3.63, 3.8) is 0 Å². The van der Waals surface area contributed by atoms with Gasteiger partial charge in [-0.2, -0.15) is 0 Å². The predicted octanol–water partition coefficient (Wildman–Crippen LogP) is 2.54. The van der Waals surface area contributed by atoms with Crippen molar-refractivity contribution in [2.24, 2.45) is 0 Å². The molecule has 1 heterocycles. The largest absolute Gasteiger partial charge is 0.486 e. The summed E-state index contributed by atoms with van der Waals surface area (Å²) in [5.41, 5.74) is 1.80. The molecule has 110 valence electrons. The minimum atomic E-state index is 0.155. The van der Waals surface area contributed by atoms with Gasteiger partial charge in [0.05, 0.1) is 6.54 Å². The minimum Gasteiger partial charge on any atom is -0.486 e. The zero-order chi connectivity index (χ0) is 14.5. The van der Waals surface area contributed by atoms with Crippen LogP contribution >= 0.6 is 0 Å². The Bertz CT molecular complexity index is 481. The maximum atomic E-state index is 12.5. The summed E-state index contributed by atoms with van der Waals surface area (Å²) in [5, 5.41) is 0. The second-order valence-corrected chi connectivity index (χ2v) is 4.89. The lowest BCUT2D eigenvalue weighted by molar-refractivity contribution is 0.0935. The first-order chi connectivity index (χ1) is 9.69. The number of Topliss-reactive ketones (excluding diaryl/α,β-unsaturated/α-hetero) is 1. The quantitative estimate of drug-likeness (QED) is 0.749. The van der Waals surface area contributed by atoms with Crippen LogP contribution < -0.4 is 9.47 Å². The summed E-state index contributed by atoms with van der Waals surface area (Å²) in [6, 6.07) is 3.79. The van der Waals surface area contributed by atoms with Crippen molar-refractivity contribution in [2.75, 3.05) is 32.8 Å². The number of ether oxygens (including phenoxy) is 2. The van der Waals surface area contributed by atoms with Gasteiger partial charge in [-0.05, 0) is 37.2 Å².